The van der Waals surface area contributed by atoms with Crippen LogP contribution in [0.5, 0.6) is 0 Å². The van der Waals surface area contributed by atoms with E-state index in [0.29, 0.717) is 6.54 Å². The Kier molecular flexibility index (Phi) is 5.92. The van der Waals surface area contributed by atoms with Crippen LogP contribution in [0, 0.1) is 0 Å². The monoisotopic (exact) mass is 200 g/mol. The van der Waals surface area contributed by atoms with Crippen molar-refractivity contribution < 1.29 is 9.59 Å². The third kappa shape index (κ3) is 3.36. The van der Waals surface area contributed by atoms with Gasteiger partial charge in [0.05, 0.1) is 0 Å². The van der Waals surface area contributed by atoms with Crippen molar-refractivity contribution in [1.82, 2.24) is 4.90 Å². The smallest absolute Gasteiger partial charge is 0.240 e. The Hall–Kier alpha value is -1.06. The Labute approximate surface area is 85.4 Å². The number of likely N-dealkylation sites (tertiary alicyclic amines) is 1. The number of carbonyl (C=O) groups excluding carboxylic acids is 2. The SMILES string of the molecule is CC.CC(=O)N1CCCCC1C(N)=O. The first-order valence-corrected chi connectivity index (χ1v) is 5.19. The summed E-state index contributed by atoms with van der Waals surface area (Å²) in [6.45, 7) is 6.14. The van der Waals surface area contributed by atoms with Gasteiger partial charge >= 0.3 is 0 Å². The van der Waals surface area contributed by atoms with Crippen molar-refractivity contribution in [2.75, 3.05) is 6.54 Å². The van der Waals surface area contributed by atoms with Gasteiger partial charge in [0.15, 0.2) is 0 Å². The molecule has 1 rings (SSSR count). The number of amides is 2. The number of hydrogen-bond acceptors (Lipinski definition) is 2. The van der Waals surface area contributed by atoms with Gasteiger partial charge in [0.25, 0.3) is 0 Å². The minimum Gasteiger partial charge on any atom is -0.368 e. The van der Waals surface area contributed by atoms with Gasteiger partial charge in [0, 0.05) is 13.5 Å². The second kappa shape index (κ2) is 6.40. The molecule has 0 aromatic heterocycles. The molecule has 2 N–H and O–H groups in total. The maximum Gasteiger partial charge on any atom is 0.240 e. The lowest BCUT2D eigenvalue weighted by Crippen LogP contribution is -2.49. The van der Waals surface area contributed by atoms with Crippen LogP contribution in [-0.4, -0.2) is 29.3 Å². The predicted octanol–water partition coefficient (Wildman–Crippen LogP) is 0.899. The summed E-state index contributed by atoms with van der Waals surface area (Å²) in [5.41, 5.74) is 5.16. The van der Waals surface area contributed by atoms with Crippen LogP contribution in [0.4, 0.5) is 0 Å². The normalized spacial score (nSPS) is 20.8. The van der Waals surface area contributed by atoms with E-state index in [2.05, 4.69) is 0 Å². The topological polar surface area (TPSA) is 63.4 Å². The van der Waals surface area contributed by atoms with Gasteiger partial charge < -0.3 is 10.6 Å². The third-order valence-electron chi connectivity index (χ3n) is 2.24. The lowest BCUT2D eigenvalue weighted by atomic mass is 10.0. The molecular weight excluding hydrogens is 180 g/mol. The van der Waals surface area contributed by atoms with Gasteiger partial charge in [0.1, 0.15) is 6.04 Å². The van der Waals surface area contributed by atoms with Crippen LogP contribution >= 0.6 is 0 Å². The average molecular weight is 200 g/mol. The largest absolute Gasteiger partial charge is 0.368 e. The maximum atomic E-state index is 11.0. The summed E-state index contributed by atoms with van der Waals surface area (Å²) in [7, 11) is 0. The zero-order chi connectivity index (χ0) is 11.1. The van der Waals surface area contributed by atoms with E-state index in [1.165, 1.54) is 6.92 Å². The molecular formula is C10H20N2O2. The van der Waals surface area contributed by atoms with Gasteiger partial charge in [-0.25, -0.2) is 0 Å². The molecule has 4 heteroatoms. The number of rotatable bonds is 1. The van der Waals surface area contributed by atoms with Crippen LogP contribution in [0.1, 0.15) is 40.0 Å². The molecule has 1 atom stereocenters. The van der Waals surface area contributed by atoms with Crippen LogP contribution in [0.25, 0.3) is 0 Å². The lowest BCUT2D eigenvalue weighted by molar-refractivity contribution is -0.139. The molecule has 1 saturated heterocycles. The van der Waals surface area contributed by atoms with Crippen LogP contribution in [0.2, 0.25) is 0 Å². The van der Waals surface area contributed by atoms with Gasteiger partial charge in [-0.2, -0.15) is 0 Å². The van der Waals surface area contributed by atoms with Crippen LogP contribution in [-0.2, 0) is 9.59 Å². The van der Waals surface area contributed by atoms with Crippen LogP contribution in [0.15, 0.2) is 0 Å². The molecule has 0 spiro atoms. The summed E-state index contributed by atoms with van der Waals surface area (Å²) < 4.78 is 0. The molecule has 82 valence electrons. The van der Waals surface area contributed by atoms with E-state index in [-0.39, 0.29) is 17.9 Å². The lowest BCUT2D eigenvalue weighted by Gasteiger charge is -2.32. The van der Waals surface area contributed by atoms with Crippen molar-refractivity contribution in [3.8, 4) is 0 Å². The average Bonchev–Trinajstić information content (AvgIpc) is 2.20. The summed E-state index contributed by atoms with van der Waals surface area (Å²) in [6.07, 6.45) is 2.68. The molecule has 4 nitrogen and oxygen atoms in total. The number of nitrogens with two attached hydrogens (primary N) is 1. The van der Waals surface area contributed by atoms with Crippen molar-refractivity contribution in [2.45, 2.75) is 46.1 Å². The Balaban J connectivity index is 0.000000791. The Morgan fingerprint density at radius 2 is 1.86 bits per heavy atom. The summed E-state index contributed by atoms with van der Waals surface area (Å²) in [6, 6.07) is -0.365. The van der Waals surface area contributed by atoms with Gasteiger partial charge in [-0.3, -0.25) is 9.59 Å². The molecule has 0 aliphatic carbocycles. The summed E-state index contributed by atoms with van der Waals surface area (Å²) in [4.78, 5) is 23.5. The standard InChI is InChI=1S/C8H14N2O2.C2H6/c1-6(11)10-5-3-2-4-7(10)8(9)12;1-2/h7H,2-5H2,1H3,(H2,9,12);1-2H3. The Bertz CT molecular complexity index is 182. The van der Waals surface area contributed by atoms with Crippen LogP contribution < -0.4 is 5.73 Å². The molecule has 0 saturated carbocycles. The number of hydrogen-bond donors (Lipinski definition) is 1. The molecule has 0 radical (unpaired) electrons. The summed E-state index contributed by atoms with van der Waals surface area (Å²) >= 11 is 0. The van der Waals surface area contributed by atoms with E-state index in [1.807, 2.05) is 13.8 Å². The molecule has 1 aliphatic rings. The minimum atomic E-state index is -0.384. The molecule has 2 amide bonds. The third-order valence-corrected chi connectivity index (χ3v) is 2.24. The number of piperidine rings is 1. The zero-order valence-corrected chi connectivity index (χ0v) is 9.25. The first-order valence-electron chi connectivity index (χ1n) is 5.19. The fourth-order valence-electron chi connectivity index (χ4n) is 1.60. The van der Waals surface area contributed by atoms with Gasteiger partial charge in [-0.15, -0.1) is 0 Å². The summed E-state index contributed by atoms with van der Waals surface area (Å²) in [5, 5.41) is 0. The van der Waals surface area contributed by atoms with Crippen molar-refractivity contribution in [3.63, 3.8) is 0 Å². The highest BCUT2D eigenvalue weighted by molar-refractivity contribution is 5.85. The molecule has 0 bridgehead atoms. The molecule has 0 aromatic rings. The van der Waals surface area contributed by atoms with E-state index in [4.69, 9.17) is 5.73 Å². The highest BCUT2D eigenvalue weighted by Gasteiger charge is 2.28. The highest BCUT2D eigenvalue weighted by Crippen LogP contribution is 2.16. The van der Waals surface area contributed by atoms with Crippen molar-refractivity contribution in [2.24, 2.45) is 5.73 Å². The molecule has 0 aromatic carbocycles. The zero-order valence-electron chi connectivity index (χ0n) is 9.25. The fraction of sp³-hybridized carbons (Fsp3) is 0.800. The van der Waals surface area contributed by atoms with Crippen molar-refractivity contribution in [1.29, 1.82) is 0 Å². The fourth-order valence-corrected chi connectivity index (χ4v) is 1.60. The molecule has 1 unspecified atom stereocenters. The first kappa shape index (κ1) is 12.9. The van der Waals surface area contributed by atoms with E-state index >= 15 is 0 Å². The minimum absolute atomic E-state index is 0.0569. The van der Waals surface area contributed by atoms with E-state index in [1.54, 1.807) is 4.90 Å². The summed E-state index contributed by atoms with van der Waals surface area (Å²) in [5.74, 6) is -0.441. The maximum absolute atomic E-state index is 11.0. The molecule has 1 fully saturated rings. The predicted molar refractivity (Wildman–Crippen MR) is 55.6 cm³/mol. The number of primary amides is 1. The Morgan fingerprint density at radius 3 is 2.21 bits per heavy atom. The van der Waals surface area contributed by atoms with E-state index in [0.717, 1.165) is 19.3 Å². The first-order chi connectivity index (χ1) is 6.63. The number of nitrogens with zero attached hydrogens (tertiary/aromatic N) is 1. The number of carbonyl (C=O) groups is 2. The van der Waals surface area contributed by atoms with Crippen LogP contribution in [0.3, 0.4) is 0 Å². The second-order valence-electron chi connectivity index (χ2n) is 3.13. The molecule has 1 aliphatic heterocycles. The second-order valence-corrected chi connectivity index (χ2v) is 3.13. The van der Waals surface area contributed by atoms with Gasteiger partial charge in [-0.1, -0.05) is 13.8 Å². The van der Waals surface area contributed by atoms with Crippen molar-refractivity contribution in [3.05, 3.63) is 0 Å². The van der Waals surface area contributed by atoms with E-state index in [9.17, 15) is 9.59 Å². The van der Waals surface area contributed by atoms with Crippen molar-refractivity contribution >= 4 is 11.8 Å². The van der Waals surface area contributed by atoms with Gasteiger partial charge in [-0.05, 0) is 19.3 Å². The highest BCUT2D eigenvalue weighted by atomic mass is 16.2. The molecule has 14 heavy (non-hydrogen) atoms. The quantitative estimate of drug-likeness (QED) is 0.683. The van der Waals surface area contributed by atoms with E-state index < -0.39 is 0 Å². The Morgan fingerprint density at radius 1 is 1.29 bits per heavy atom. The molecule has 1 heterocycles. The van der Waals surface area contributed by atoms with Gasteiger partial charge in [0.2, 0.25) is 11.8 Å².